The number of benzene rings is 1. The summed E-state index contributed by atoms with van der Waals surface area (Å²) in [4.78, 5) is 18.9. The standard InChI is InChI=1S/C13H11ClN2O5/c1-19-7-3-4-8(12(17)18)10(5-7)21-11-9(14)6-15-13(16-11)20-2/h3-6H,1-2H3,(H,17,18). The van der Waals surface area contributed by atoms with E-state index in [1.165, 1.54) is 38.6 Å². The first kappa shape index (κ1) is 14.9. The highest BCUT2D eigenvalue weighted by Crippen LogP contribution is 2.32. The van der Waals surface area contributed by atoms with Crippen LogP contribution in [-0.4, -0.2) is 35.3 Å². The lowest BCUT2D eigenvalue weighted by Gasteiger charge is -2.11. The zero-order valence-electron chi connectivity index (χ0n) is 11.2. The second-order valence-electron chi connectivity index (χ2n) is 3.78. The highest BCUT2D eigenvalue weighted by Gasteiger charge is 2.16. The number of hydrogen-bond donors (Lipinski definition) is 1. The second-order valence-corrected chi connectivity index (χ2v) is 4.19. The summed E-state index contributed by atoms with van der Waals surface area (Å²) >= 11 is 5.92. The van der Waals surface area contributed by atoms with Gasteiger partial charge in [-0.15, -0.1) is 0 Å². The Morgan fingerprint density at radius 3 is 2.67 bits per heavy atom. The van der Waals surface area contributed by atoms with Crippen LogP contribution in [0, 0.1) is 0 Å². The van der Waals surface area contributed by atoms with Crippen molar-refractivity contribution in [2.24, 2.45) is 0 Å². The van der Waals surface area contributed by atoms with Crippen LogP contribution in [0.3, 0.4) is 0 Å². The number of nitrogens with zero attached hydrogens (tertiary/aromatic N) is 2. The first-order valence-corrected chi connectivity index (χ1v) is 6.08. The van der Waals surface area contributed by atoms with Crippen molar-refractivity contribution in [3.8, 4) is 23.4 Å². The van der Waals surface area contributed by atoms with E-state index in [0.717, 1.165) is 0 Å². The predicted molar refractivity (Wildman–Crippen MR) is 73.6 cm³/mol. The summed E-state index contributed by atoms with van der Waals surface area (Å²) in [6.07, 6.45) is 1.29. The van der Waals surface area contributed by atoms with Crippen molar-refractivity contribution in [2.75, 3.05) is 14.2 Å². The Balaban J connectivity index is 2.44. The van der Waals surface area contributed by atoms with Gasteiger partial charge in [0.2, 0.25) is 5.88 Å². The minimum absolute atomic E-state index is 0.0146. The summed E-state index contributed by atoms with van der Waals surface area (Å²) in [5.41, 5.74) is -0.0514. The number of aromatic nitrogens is 2. The van der Waals surface area contributed by atoms with Gasteiger partial charge in [0.05, 0.1) is 20.4 Å². The fraction of sp³-hybridized carbons (Fsp3) is 0.154. The van der Waals surface area contributed by atoms with Gasteiger partial charge in [0.15, 0.2) is 0 Å². The molecule has 1 aromatic carbocycles. The van der Waals surface area contributed by atoms with Crippen LogP contribution in [0.15, 0.2) is 24.4 Å². The molecule has 0 amide bonds. The van der Waals surface area contributed by atoms with E-state index in [1.54, 1.807) is 0 Å². The minimum atomic E-state index is -1.15. The van der Waals surface area contributed by atoms with Crippen molar-refractivity contribution in [2.45, 2.75) is 0 Å². The SMILES string of the molecule is COc1ccc(C(=O)O)c(Oc2nc(OC)ncc2Cl)c1. The molecule has 2 rings (SSSR count). The molecule has 1 N–H and O–H groups in total. The molecule has 0 saturated heterocycles. The molecule has 1 aromatic heterocycles. The maximum atomic E-state index is 11.2. The van der Waals surface area contributed by atoms with Crippen LogP contribution in [0.25, 0.3) is 0 Å². The molecule has 0 fully saturated rings. The van der Waals surface area contributed by atoms with E-state index in [9.17, 15) is 4.79 Å². The molecule has 0 spiro atoms. The zero-order chi connectivity index (χ0) is 15.4. The van der Waals surface area contributed by atoms with Gasteiger partial charge in [0, 0.05) is 6.07 Å². The van der Waals surface area contributed by atoms with E-state index in [2.05, 4.69) is 9.97 Å². The van der Waals surface area contributed by atoms with E-state index < -0.39 is 5.97 Å². The third kappa shape index (κ3) is 3.32. The molecule has 0 aliphatic carbocycles. The van der Waals surface area contributed by atoms with Crippen LogP contribution in [0.5, 0.6) is 23.4 Å². The third-order valence-corrected chi connectivity index (χ3v) is 2.76. The largest absolute Gasteiger partial charge is 0.497 e. The van der Waals surface area contributed by atoms with Gasteiger partial charge < -0.3 is 19.3 Å². The molecule has 2 aromatic rings. The Morgan fingerprint density at radius 2 is 2.05 bits per heavy atom. The van der Waals surface area contributed by atoms with E-state index in [0.29, 0.717) is 5.75 Å². The smallest absolute Gasteiger partial charge is 0.339 e. The van der Waals surface area contributed by atoms with E-state index in [-0.39, 0.29) is 28.2 Å². The molecule has 0 aliphatic rings. The average molecular weight is 311 g/mol. The van der Waals surface area contributed by atoms with Gasteiger partial charge in [0.1, 0.15) is 22.1 Å². The Morgan fingerprint density at radius 1 is 1.29 bits per heavy atom. The van der Waals surface area contributed by atoms with Crippen LogP contribution >= 0.6 is 11.6 Å². The third-order valence-electron chi connectivity index (χ3n) is 2.50. The number of aromatic carboxylic acids is 1. The lowest BCUT2D eigenvalue weighted by molar-refractivity contribution is 0.0694. The molecule has 1 heterocycles. The molecule has 8 heteroatoms. The number of carboxylic acid groups (broad SMARTS) is 1. The highest BCUT2D eigenvalue weighted by atomic mass is 35.5. The summed E-state index contributed by atoms with van der Waals surface area (Å²) < 4.78 is 15.4. The number of halogens is 1. The molecular formula is C13H11ClN2O5. The summed E-state index contributed by atoms with van der Waals surface area (Å²) in [7, 11) is 2.85. The van der Waals surface area contributed by atoms with Crippen molar-refractivity contribution in [1.29, 1.82) is 0 Å². The number of methoxy groups -OCH3 is 2. The number of ether oxygens (including phenoxy) is 3. The van der Waals surface area contributed by atoms with Gasteiger partial charge in [-0.2, -0.15) is 4.98 Å². The molecule has 0 aliphatic heterocycles. The molecule has 7 nitrogen and oxygen atoms in total. The van der Waals surface area contributed by atoms with Crippen LogP contribution in [0.4, 0.5) is 0 Å². The van der Waals surface area contributed by atoms with Gasteiger partial charge in [-0.1, -0.05) is 11.6 Å². The molecule has 0 unspecified atom stereocenters. The maximum absolute atomic E-state index is 11.2. The maximum Gasteiger partial charge on any atom is 0.339 e. The van der Waals surface area contributed by atoms with Gasteiger partial charge in [-0.25, -0.2) is 9.78 Å². The topological polar surface area (TPSA) is 90.8 Å². The lowest BCUT2D eigenvalue weighted by Crippen LogP contribution is -2.02. The summed E-state index contributed by atoms with van der Waals surface area (Å²) in [6.45, 7) is 0. The van der Waals surface area contributed by atoms with Crippen molar-refractivity contribution in [3.63, 3.8) is 0 Å². The van der Waals surface area contributed by atoms with Crippen molar-refractivity contribution in [1.82, 2.24) is 9.97 Å². The number of hydrogen-bond acceptors (Lipinski definition) is 6. The minimum Gasteiger partial charge on any atom is -0.497 e. The van der Waals surface area contributed by atoms with Crippen molar-refractivity contribution >= 4 is 17.6 Å². The molecule has 21 heavy (non-hydrogen) atoms. The fourth-order valence-electron chi connectivity index (χ4n) is 1.50. The molecule has 0 bridgehead atoms. The summed E-state index contributed by atoms with van der Waals surface area (Å²) in [6, 6.07) is 4.35. The summed E-state index contributed by atoms with van der Waals surface area (Å²) in [5.74, 6) is -0.680. The van der Waals surface area contributed by atoms with Crippen molar-refractivity contribution < 1.29 is 24.1 Å². The van der Waals surface area contributed by atoms with Crippen LogP contribution in [0.1, 0.15) is 10.4 Å². The first-order valence-electron chi connectivity index (χ1n) is 5.71. The predicted octanol–water partition coefficient (Wildman–Crippen LogP) is 2.64. The monoisotopic (exact) mass is 310 g/mol. The Kier molecular flexibility index (Phi) is 4.44. The van der Waals surface area contributed by atoms with Gasteiger partial charge in [0.25, 0.3) is 0 Å². The summed E-state index contributed by atoms with van der Waals surface area (Å²) in [5, 5.41) is 9.29. The quantitative estimate of drug-likeness (QED) is 0.907. The van der Waals surface area contributed by atoms with Crippen molar-refractivity contribution in [3.05, 3.63) is 35.0 Å². The van der Waals surface area contributed by atoms with E-state index in [1.807, 2.05) is 0 Å². The lowest BCUT2D eigenvalue weighted by atomic mass is 10.2. The Bertz CT molecular complexity index is 678. The Labute approximate surface area is 125 Å². The molecule has 0 saturated carbocycles. The first-order chi connectivity index (χ1) is 10.0. The van der Waals surface area contributed by atoms with Gasteiger partial charge in [-0.05, 0) is 12.1 Å². The Hall–Kier alpha value is -2.54. The average Bonchev–Trinajstić information content (AvgIpc) is 2.49. The molecular weight excluding hydrogens is 300 g/mol. The van der Waals surface area contributed by atoms with E-state index >= 15 is 0 Å². The molecule has 0 atom stereocenters. The number of carbonyl (C=O) groups is 1. The van der Waals surface area contributed by atoms with Gasteiger partial charge in [-0.3, -0.25) is 0 Å². The number of rotatable bonds is 5. The van der Waals surface area contributed by atoms with Crippen LogP contribution in [-0.2, 0) is 0 Å². The van der Waals surface area contributed by atoms with Crippen LogP contribution in [0.2, 0.25) is 5.02 Å². The fourth-order valence-corrected chi connectivity index (χ4v) is 1.63. The van der Waals surface area contributed by atoms with Crippen LogP contribution < -0.4 is 14.2 Å². The zero-order valence-corrected chi connectivity index (χ0v) is 11.9. The second kappa shape index (κ2) is 6.27. The number of carboxylic acids is 1. The normalized spacial score (nSPS) is 10.0. The van der Waals surface area contributed by atoms with Gasteiger partial charge >= 0.3 is 12.0 Å². The molecule has 110 valence electrons. The van der Waals surface area contributed by atoms with E-state index in [4.69, 9.17) is 30.9 Å². The highest BCUT2D eigenvalue weighted by molar-refractivity contribution is 6.31. The molecule has 0 radical (unpaired) electrons.